The van der Waals surface area contributed by atoms with Crippen molar-refractivity contribution in [1.29, 1.82) is 0 Å². The molecule has 0 spiro atoms. The van der Waals surface area contributed by atoms with E-state index < -0.39 is 0 Å². The summed E-state index contributed by atoms with van der Waals surface area (Å²) in [5.41, 5.74) is 3.69. The minimum absolute atomic E-state index is 0.172. The van der Waals surface area contributed by atoms with Crippen molar-refractivity contribution < 1.29 is 9.59 Å². The molecule has 6 heteroatoms. The van der Waals surface area contributed by atoms with Gasteiger partial charge in [-0.05, 0) is 57.0 Å². The topological polar surface area (TPSA) is 66.7 Å². The molecular formula is C21H24N4O2. The summed E-state index contributed by atoms with van der Waals surface area (Å²) in [5.74, 6) is -0.319. The second-order valence-electron chi connectivity index (χ2n) is 6.49. The molecule has 0 radical (unpaired) electrons. The summed E-state index contributed by atoms with van der Waals surface area (Å²) in [6, 6.07) is 11.3. The highest BCUT2D eigenvalue weighted by atomic mass is 16.2. The number of imidazole rings is 1. The fourth-order valence-electron chi connectivity index (χ4n) is 3.06. The molecule has 2 aromatic heterocycles. The molecule has 3 aromatic rings. The minimum Gasteiger partial charge on any atom is -0.338 e. The van der Waals surface area contributed by atoms with Crippen LogP contribution in [-0.4, -0.2) is 39.2 Å². The van der Waals surface area contributed by atoms with Crippen LogP contribution >= 0.6 is 0 Å². The van der Waals surface area contributed by atoms with E-state index in [0.717, 1.165) is 16.8 Å². The number of aromatic nitrogens is 2. The monoisotopic (exact) mass is 364 g/mol. The van der Waals surface area contributed by atoms with Gasteiger partial charge in [-0.15, -0.1) is 0 Å². The Morgan fingerprint density at radius 3 is 2.56 bits per heavy atom. The lowest BCUT2D eigenvalue weighted by Gasteiger charge is -2.17. The van der Waals surface area contributed by atoms with E-state index in [1.54, 1.807) is 21.6 Å². The summed E-state index contributed by atoms with van der Waals surface area (Å²) >= 11 is 0. The number of benzene rings is 1. The van der Waals surface area contributed by atoms with E-state index in [0.29, 0.717) is 24.3 Å². The van der Waals surface area contributed by atoms with E-state index in [2.05, 4.69) is 10.3 Å². The van der Waals surface area contributed by atoms with E-state index in [1.165, 1.54) is 0 Å². The molecule has 2 amide bonds. The molecule has 2 heterocycles. The third-order valence-corrected chi connectivity index (χ3v) is 4.65. The number of hydrogen-bond donors (Lipinski definition) is 1. The zero-order chi connectivity index (χ0) is 19.6. The Morgan fingerprint density at radius 1 is 1.11 bits per heavy atom. The standard InChI is InChI=1S/C21H24N4O2/c1-5-24(6-2)21(27)18-17-9-7-8-12-25(17)19(23-18)20(26)22-16-13-14(3)10-11-15(16)4/h7-13H,5-6H2,1-4H3,(H,22,26). The van der Waals surface area contributed by atoms with Crippen molar-refractivity contribution in [3.05, 3.63) is 65.2 Å². The molecule has 0 saturated carbocycles. The minimum atomic E-state index is -0.344. The van der Waals surface area contributed by atoms with E-state index in [4.69, 9.17) is 0 Å². The van der Waals surface area contributed by atoms with Crippen LogP contribution < -0.4 is 5.32 Å². The van der Waals surface area contributed by atoms with E-state index >= 15 is 0 Å². The normalized spacial score (nSPS) is 10.8. The predicted octanol–water partition coefficient (Wildman–Crippen LogP) is 3.69. The van der Waals surface area contributed by atoms with Crippen molar-refractivity contribution in [2.24, 2.45) is 0 Å². The third-order valence-electron chi connectivity index (χ3n) is 4.65. The van der Waals surface area contributed by atoms with Crippen molar-refractivity contribution in [1.82, 2.24) is 14.3 Å². The average molecular weight is 364 g/mol. The molecular weight excluding hydrogens is 340 g/mol. The van der Waals surface area contributed by atoms with Crippen LogP contribution in [0.5, 0.6) is 0 Å². The number of anilines is 1. The van der Waals surface area contributed by atoms with Crippen LogP contribution in [-0.2, 0) is 0 Å². The molecule has 1 aromatic carbocycles. The largest absolute Gasteiger partial charge is 0.338 e. The predicted molar refractivity (Wildman–Crippen MR) is 106 cm³/mol. The Bertz CT molecular complexity index is 1000. The molecule has 1 N–H and O–H groups in total. The van der Waals surface area contributed by atoms with Gasteiger partial charge in [0.2, 0.25) is 5.82 Å². The summed E-state index contributed by atoms with van der Waals surface area (Å²) in [6.07, 6.45) is 1.75. The molecule has 0 fully saturated rings. The smallest absolute Gasteiger partial charge is 0.292 e. The van der Waals surface area contributed by atoms with Gasteiger partial charge >= 0.3 is 0 Å². The van der Waals surface area contributed by atoms with E-state index in [-0.39, 0.29) is 17.6 Å². The number of carbonyl (C=O) groups is 2. The summed E-state index contributed by atoms with van der Waals surface area (Å²) < 4.78 is 1.66. The van der Waals surface area contributed by atoms with Crippen LogP contribution in [0.25, 0.3) is 5.52 Å². The highest BCUT2D eigenvalue weighted by Crippen LogP contribution is 2.20. The second kappa shape index (κ2) is 7.61. The highest BCUT2D eigenvalue weighted by molar-refractivity contribution is 6.06. The van der Waals surface area contributed by atoms with Gasteiger partial charge in [0, 0.05) is 25.0 Å². The van der Waals surface area contributed by atoms with Crippen LogP contribution in [0.1, 0.15) is 46.1 Å². The van der Waals surface area contributed by atoms with Crippen LogP contribution in [0, 0.1) is 13.8 Å². The van der Waals surface area contributed by atoms with Crippen LogP contribution in [0.4, 0.5) is 5.69 Å². The van der Waals surface area contributed by atoms with Crippen molar-refractivity contribution in [2.45, 2.75) is 27.7 Å². The zero-order valence-corrected chi connectivity index (χ0v) is 16.1. The number of hydrogen-bond acceptors (Lipinski definition) is 3. The molecule has 0 saturated heterocycles. The first-order valence-electron chi connectivity index (χ1n) is 9.11. The van der Waals surface area contributed by atoms with Gasteiger partial charge in [-0.25, -0.2) is 4.98 Å². The second-order valence-corrected chi connectivity index (χ2v) is 6.49. The zero-order valence-electron chi connectivity index (χ0n) is 16.1. The molecule has 6 nitrogen and oxygen atoms in total. The van der Waals surface area contributed by atoms with Crippen LogP contribution in [0.2, 0.25) is 0 Å². The summed E-state index contributed by atoms with van der Waals surface area (Å²) in [5, 5.41) is 2.92. The molecule has 0 aliphatic rings. The third kappa shape index (κ3) is 3.56. The highest BCUT2D eigenvalue weighted by Gasteiger charge is 2.24. The number of nitrogens with one attached hydrogen (secondary N) is 1. The van der Waals surface area contributed by atoms with E-state index in [9.17, 15) is 9.59 Å². The van der Waals surface area contributed by atoms with Crippen molar-refractivity contribution in [2.75, 3.05) is 18.4 Å². The lowest BCUT2D eigenvalue weighted by atomic mass is 10.1. The molecule has 0 atom stereocenters. The maximum atomic E-state index is 12.9. The van der Waals surface area contributed by atoms with Gasteiger partial charge in [-0.2, -0.15) is 0 Å². The molecule has 140 valence electrons. The van der Waals surface area contributed by atoms with Crippen LogP contribution in [0.3, 0.4) is 0 Å². The van der Waals surface area contributed by atoms with Gasteiger partial charge in [0.25, 0.3) is 11.8 Å². The number of pyridine rings is 1. The molecule has 0 bridgehead atoms. The molecule has 0 unspecified atom stereocenters. The summed E-state index contributed by atoms with van der Waals surface area (Å²) in [4.78, 5) is 31.9. The Kier molecular flexibility index (Phi) is 5.26. The first-order chi connectivity index (χ1) is 13.0. The summed E-state index contributed by atoms with van der Waals surface area (Å²) in [6.45, 7) is 8.94. The lowest BCUT2D eigenvalue weighted by molar-refractivity contribution is 0.0769. The quantitative estimate of drug-likeness (QED) is 0.751. The average Bonchev–Trinajstić information content (AvgIpc) is 3.05. The van der Waals surface area contributed by atoms with Gasteiger partial charge < -0.3 is 10.2 Å². The van der Waals surface area contributed by atoms with Crippen molar-refractivity contribution in [3.8, 4) is 0 Å². The Balaban J connectivity index is 2.03. The number of rotatable bonds is 5. The fourth-order valence-corrected chi connectivity index (χ4v) is 3.06. The number of carbonyl (C=O) groups excluding carboxylic acids is 2. The first kappa shape index (κ1) is 18.6. The number of amides is 2. The molecule has 3 rings (SSSR count). The SMILES string of the molecule is CCN(CC)C(=O)c1nc(C(=O)Nc2cc(C)ccc2C)n2ccccc12. The van der Waals surface area contributed by atoms with Crippen LogP contribution in [0.15, 0.2) is 42.6 Å². The van der Waals surface area contributed by atoms with Crippen molar-refractivity contribution in [3.63, 3.8) is 0 Å². The van der Waals surface area contributed by atoms with E-state index in [1.807, 2.05) is 58.0 Å². The maximum absolute atomic E-state index is 12.9. The van der Waals surface area contributed by atoms with Gasteiger partial charge in [0.15, 0.2) is 5.69 Å². The fraction of sp³-hybridized carbons (Fsp3) is 0.286. The summed E-state index contributed by atoms with van der Waals surface area (Å²) in [7, 11) is 0. The van der Waals surface area contributed by atoms with Gasteiger partial charge in [0.05, 0.1) is 5.52 Å². The Labute approximate surface area is 158 Å². The Hall–Kier alpha value is -3.15. The molecule has 0 aliphatic heterocycles. The van der Waals surface area contributed by atoms with Gasteiger partial charge in [-0.1, -0.05) is 18.2 Å². The van der Waals surface area contributed by atoms with Gasteiger partial charge in [0.1, 0.15) is 0 Å². The van der Waals surface area contributed by atoms with Gasteiger partial charge in [-0.3, -0.25) is 14.0 Å². The number of fused-ring (bicyclic) bond motifs is 1. The number of nitrogens with zero attached hydrogens (tertiary/aromatic N) is 3. The number of aryl methyl sites for hydroxylation is 2. The molecule has 27 heavy (non-hydrogen) atoms. The maximum Gasteiger partial charge on any atom is 0.292 e. The Morgan fingerprint density at radius 2 is 1.85 bits per heavy atom. The first-order valence-corrected chi connectivity index (χ1v) is 9.11. The van der Waals surface area contributed by atoms with Crippen molar-refractivity contribution >= 4 is 23.0 Å². The molecule has 0 aliphatic carbocycles. The lowest BCUT2D eigenvalue weighted by Crippen LogP contribution is -2.31.